The molecule has 1 fully saturated rings. The van der Waals surface area contributed by atoms with Crippen LogP contribution in [0.2, 0.25) is 0 Å². The van der Waals surface area contributed by atoms with E-state index in [0.717, 1.165) is 6.54 Å². The topological polar surface area (TPSA) is 58.4 Å². The molecular formula is C13H27N3O. The van der Waals surface area contributed by atoms with Gasteiger partial charge in [-0.1, -0.05) is 27.7 Å². The van der Waals surface area contributed by atoms with Crippen LogP contribution in [0.25, 0.3) is 0 Å². The van der Waals surface area contributed by atoms with Gasteiger partial charge in [0.1, 0.15) is 0 Å². The Labute approximate surface area is 105 Å². The summed E-state index contributed by atoms with van der Waals surface area (Å²) in [6.07, 6.45) is 1.24. The molecule has 0 radical (unpaired) electrons. The minimum atomic E-state index is -0.111. The minimum absolute atomic E-state index is 0.0619. The summed E-state index contributed by atoms with van der Waals surface area (Å²) in [5.74, 6) is 6.80. The number of nitrogens with one attached hydrogen (secondary N) is 1. The predicted molar refractivity (Wildman–Crippen MR) is 70.1 cm³/mol. The molecule has 4 unspecified atom stereocenters. The fourth-order valence-corrected chi connectivity index (χ4v) is 3.05. The summed E-state index contributed by atoms with van der Waals surface area (Å²) in [6, 6.07) is 0.330. The first-order chi connectivity index (χ1) is 7.88. The van der Waals surface area contributed by atoms with E-state index < -0.39 is 0 Å². The average Bonchev–Trinajstić information content (AvgIpc) is 2.24. The maximum atomic E-state index is 11.9. The van der Waals surface area contributed by atoms with Crippen molar-refractivity contribution in [2.45, 2.75) is 53.1 Å². The van der Waals surface area contributed by atoms with Crippen molar-refractivity contribution in [3.05, 3.63) is 0 Å². The van der Waals surface area contributed by atoms with Gasteiger partial charge in [-0.3, -0.25) is 15.1 Å². The van der Waals surface area contributed by atoms with E-state index in [9.17, 15) is 4.79 Å². The van der Waals surface area contributed by atoms with Crippen molar-refractivity contribution in [3.8, 4) is 0 Å². The number of nitrogens with two attached hydrogens (primary N) is 1. The standard InChI is InChI=1S/C13H27N3O/c1-8(2)12(13(17)15-14)16-7-9(3)6-10(4)11(16)5/h8-12H,6-7,14H2,1-5H3,(H,15,17). The average molecular weight is 241 g/mol. The third kappa shape index (κ3) is 3.19. The third-order valence-electron chi connectivity index (χ3n) is 4.04. The minimum Gasteiger partial charge on any atom is -0.293 e. The highest BCUT2D eigenvalue weighted by molar-refractivity contribution is 5.81. The van der Waals surface area contributed by atoms with Crippen LogP contribution in [0.5, 0.6) is 0 Å². The van der Waals surface area contributed by atoms with Crippen LogP contribution in [0.15, 0.2) is 0 Å². The number of amides is 1. The molecule has 1 heterocycles. The molecule has 3 N–H and O–H groups in total. The van der Waals surface area contributed by atoms with Gasteiger partial charge in [0.2, 0.25) is 0 Å². The summed E-state index contributed by atoms with van der Waals surface area (Å²) in [6.45, 7) is 11.9. The fourth-order valence-electron chi connectivity index (χ4n) is 3.05. The van der Waals surface area contributed by atoms with Crippen molar-refractivity contribution in [2.75, 3.05) is 6.54 Å². The lowest BCUT2D eigenvalue weighted by Crippen LogP contribution is -2.58. The van der Waals surface area contributed by atoms with Crippen molar-refractivity contribution >= 4 is 5.91 Å². The number of hydrazine groups is 1. The van der Waals surface area contributed by atoms with Crippen LogP contribution in [0, 0.1) is 17.8 Å². The van der Waals surface area contributed by atoms with Gasteiger partial charge in [-0.2, -0.15) is 0 Å². The smallest absolute Gasteiger partial charge is 0.251 e. The Morgan fingerprint density at radius 1 is 1.35 bits per heavy atom. The summed E-state index contributed by atoms with van der Waals surface area (Å²) in [4.78, 5) is 14.3. The number of carbonyl (C=O) groups excluding carboxylic acids is 1. The maximum Gasteiger partial charge on any atom is 0.251 e. The largest absolute Gasteiger partial charge is 0.293 e. The number of hydrogen-bond donors (Lipinski definition) is 2. The van der Waals surface area contributed by atoms with Crippen molar-refractivity contribution in [1.29, 1.82) is 0 Å². The molecule has 4 atom stereocenters. The summed E-state index contributed by atoms with van der Waals surface area (Å²) in [7, 11) is 0. The van der Waals surface area contributed by atoms with E-state index >= 15 is 0 Å². The summed E-state index contributed by atoms with van der Waals surface area (Å²) >= 11 is 0. The van der Waals surface area contributed by atoms with Crippen LogP contribution in [0.3, 0.4) is 0 Å². The molecule has 1 aliphatic rings. The van der Waals surface area contributed by atoms with Crippen LogP contribution >= 0.6 is 0 Å². The fraction of sp³-hybridized carbons (Fsp3) is 0.923. The van der Waals surface area contributed by atoms with Crippen molar-refractivity contribution < 1.29 is 4.79 Å². The molecule has 4 heteroatoms. The van der Waals surface area contributed by atoms with Gasteiger partial charge in [0, 0.05) is 12.6 Å². The lowest BCUT2D eigenvalue weighted by Gasteiger charge is -2.45. The van der Waals surface area contributed by atoms with Gasteiger partial charge in [-0.15, -0.1) is 0 Å². The van der Waals surface area contributed by atoms with Gasteiger partial charge in [-0.05, 0) is 31.1 Å². The summed E-state index contributed by atoms with van der Waals surface area (Å²) in [5.41, 5.74) is 2.31. The van der Waals surface area contributed by atoms with Gasteiger partial charge in [0.15, 0.2) is 0 Å². The van der Waals surface area contributed by atoms with E-state index in [4.69, 9.17) is 5.84 Å². The number of rotatable bonds is 3. The van der Waals surface area contributed by atoms with Gasteiger partial charge in [0.05, 0.1) is 6.04 Å². The highest BCUT2D eigenvalue weighted by Gasteiger charge is 2.37. The zero-order valence-electron chi connectivity index (χ0n) is 11.7. The molecule has 1 amide bonds. The molecule has 17 heavy (non-hydrogen) atoms. The maximum absolute atomic E-state index is 11.9. The second-order valence-electron chi connectivity index (χ2n) is 5.95. The van der Waals surface area contributed by atoms with Crippen molar-refractivity contribution in [3.63, 3.8) is 0 Å². The molecular weight excluding hydrogens is 214 g/mol. The molecule has 0 aromatic carbocycles. The van der Waals surface area contributed by atoms with Gasteiger partial charge < -0.3 is 0 Å². The monoisotopic (exact) mass is 241 g/mol. The van der Waals surface area contributed by atoms with Crippen molar-refractivity contribution in [2.24, 2.45) is 23.6 Å². The van der Waals surface area contributed by atoms with Crippen LogP contribution in [-0.4, -0.2) is 29.4 Å². The Kier molecular flexibility index (Phi) is 4.95. The van der Waals surface area contributed by atoms with E-state index in [-0.39, 0.29) is 17.9 Å². The molecule has 0 bridgehead atoms. The Bertz CT molecular complexity index is 267. The number of piperidine rings is 1. The Hall–Kier alpha value is -0.610. The van der Waals surface area contributed by atoms with Crippen LogP contribution < -0.4 is 11.3 Å². The SMILES string of the molecule is CC1CC(C)C(C)N(C(C(=O)NN)C(C)C)C1. The zero-order valence-corrected chi connectivity index (χ0v) is 11.7. The zero-order chi connectivity index (χ0) is 13.2. The first-order valence-corrected chi connectivity index (χ1v) is 6.64. The molecule has 1 aliphatic heterocycles. The number of carbonyl (C=O) groups is 1. The normalized spacial score (nSPS) is 32.5. The van der Waals surface area contributed by atoms with Crippen LogP contribution in [0.4, 0.5) is 0 Å². The number of likely N-dealkylation sites (tertiary alicyclic amines) is 1. The lowest BCUT2D eigenvalue weighted by atomic mass is 9.83. The third-order valence-corrected chi connectivity index (χ3v) is 4.04. The summed E-state index contributed by atoms with van der Waals surface area (Å²) in [5, 5.41) is 0. The van der Waals surface area contributed by atoms with Gasteiger partial charge in [-0.25, -0.2) is 5.84 Å². The molecule has 1 rings (SSSR count). The number of hydrogen-bond acceptors (Lipinski definition) is 3. The first-order valence-electron chi connectivity index (χ1n) is 6.64. The molecule has 0 aliphatic carbocycles. The quantitative estimate of drug-likeness (QED) is 0.446. The molecule has 0 spiro atoms. The predicted octanol–water partition coefficient (Wildman–Crippen LogP) is 1.37. The van der Waals surface area contributed by atoms with Gasteiger partial charge in [0.25, 0.3) is 5.91 Å². The van der Waals surface area contributed by atoms with E-state index in [1.165, 1.54) is 6.42 Å². The molecule has 0 aromatic heterocycles. The molecule has 0 aromatic rings. The van der Waals surface area contributed by atoms with Gasteiger partial charge >= 0.3 is 0 Å². The van der Waals surface area contributed by atoms with Crippen molar-refractivity contribution in [1.82, 2.24) is 10.3 Å². The molecule has 1 saturated heterocycles. The van der Waals surface area contributed by atoms with E-state index in [0.29, 0.717) is 17.9 Å². The highest BCUT2D eigenvalue weighted by atomic mass is 16.2. The first kappa shape index (κ1) is 14.5. The van der Waals surface area contributed by atoms with E-state index in [1.54, 1.807) is 0 Å². The molecule has 0 saturated carbocycles. The van der Waals surface area contributed by atoms with E-state index in [2.05, 4.69) is 44.9 Å². The Balaban J connectivity index is 2.88. The van der Waals surface area contributed by atoms with E-state index in [1.807, 2.05) is 0 Å². The van der Waals surface area contributed by atoms with Crippen LogP contribution in [0.1, 0.15) is 41.0 Å². The lowest BCUT2D eigenvalue weighted by molar-refractivity contribution is -0.131. The second kappa shape index (κ2) is 5.83. The second-order valence-corrected chi connectivity index (χ2v) is 5.95. The summed E-state index contributed by atoms with van der Waals surface area (Å²) < 4.78 is 0. The van der Waals surface area contributed by atoms with Crippen LogP contribution in [-0.2, 0) is 4.79 Å². The number of nitrogens with zero attached hydrogens (tertiary/aromatic N) is 1. The molecule has 4 nitrogen and oxygen atoms in total. The Morgan fingerprint density at radius 3 is 2.41 bits per heavy atom. The molecule has 100 valence electrons. The highest BCUT2D eigenvalue weighted by Crippen LogP contribution is 2.30. The Morgan fingerprint density at radius 2 is 1.94 bits per heavy atom.